The second-order valence-electron chi connectivity index (χ2n) is 7.14. The molecule has 0 radical (unpaired) electrons. The van der Waals surface area contributed by atoms with Gasteiger partial charge in [0.2, 0.25) is 5.95 Å². The Morgan fingerprint density at radius 1 is 1.07 bits per heavy atom. The molecule has 0 amide bonds. The first kappa shape index (κ1) is 19.6. The molecule has 4 rings (SSSR count). The molecule has 7 nitrogen and oxygen atoms in total. The van der Waals surface area contributed by atoms with Gasteiger partial charge in [0.15, 0.2) is 0 Å². The van der Waals surface area contributed by atoms with Crippen LogP contribution in [0.1, 0.15) is 12.8 Å². The molecule has 0 bridgehead atoms. The lowest BCUT2D eigenvalue weighted by molar-refractivity contribution is -0.0498. The Bertz CT molecular complexity index is 787. The minimum Gasteiger partial charge on any atom is -0.435 e. The number of rotatable bonds is 6. The lowest BCUT2D eigenvalue weighted by atomic mass is 10.0. The first-order valence-electron chi connectivity index (χ1n) is 9.89. The van der Waals surface area contributed by atoms with Gasteiger partial charge in [0, 0.05) is 44.1 Å². The third-order valence-corrected chi connectivity index (χ3v) is 5.16. The van der Waals surface area contributed by atoms with E-state index in [9.17, 15) is 8.78 Å². The summed E-state index contributed by atoms with van der Waals surface area (Å²) in [5.41, 5.74) is 0.987. The predicted octanol–water partition coefficient (Wildman–Crippen LogP) is 3.00. The van der Waals surface area contributed by atoms with Gasteiger partial charge in [-0.15, -0.1) is 0 Å². The summed E-state index contributed by atoms with van der Waals surface area (Å²) >= 11 is 0. The van der Waals surface area contributed by atoms with E-state index in [-0.39, 0.29) is 11.8 Å². The Labute approximate surface area is 168 Å². The van der Waals surface area contributed by atoms with Crippen LogP contribution in [0.4, 0.5) is 26.2 Å². The fourth-order valence-electron chi connectivity index (χ4n) is 3.74. The molecule has 29 heavy (non-hydrogen) atoms. The van der Waals surface area contributed by atoms with Crippen molar-refractivity contribution >= 4 is 17.5 Å². The number of alkyl halides is 2. The van der Waals surface area contributed by atoms with E-state index < -0.39 is 6.61 Å². The SMILES string of the molecule is FC(F)Oc1ccc(N2CCCC(Nc3nccc(N4CCOCC4)n3)C2)cc1. The summed E-state index contributed by atoms with van der Waals surface area (Å²) in [6, 6.07) is 8.92. The highest BCUT2D eigenvalue weighted by molar-refractivity contribution is 5.50. The van der Waals surface area contributed by atoms with Crippen LogP contribution in [0, 0.1) is 0 Å². The van der Waals surface area contributed by atoms with Crippen molar-refractivity contribution in [3.05, 3.63) is 36.5 Å². The molecule has 2 saturated heterocycles. The normalized spacial score (nSPS) is 20.0. The zero-order valence-electron chi connectivity index (χ0n) is 16.1. The fraction of sp³-hybridized carbons (Fsp3) is 0.500. The van der Waals surface area contributed by atoms with Gasteiger partial charge in [-0.1, -0.05) is 0 Å². The molecular weight excluding hydrogens is 380 g/mol. The van der Waals surface area contributed by atoms with Crippen LogP contribution in [0.25, 0.3) is 0 Å². The summed E-state index contributed by atoms with van der Waals surface area (Å²) in [6.45, 7) is 1.99. The number of aromatic nitrogens is 2. The molecular formula is C20H25F2N5O2. The van der Waals surface area contributed by atoms with E-state index in [4.69, 9.17) is 4.74 Å². The number of nitrogens with one attached hydrogen (secondary N) is 1. The Morgan fingerprint density at radius 3 is 2.62 bits per heavy atom. The number of benzene rings is 1. The summed E-state index contributed by atoms with van der Waals surface area (Å²) in [6.07, 6.45) is 3.83. The summed E-state index contributed by atoms with van der Waals surface area (Å²) in [5, 5.41) is 3.45. The molecule has 0 saturated carbocycles. The van der Waals surface area contributed by atoms with Crippen molar-refractivity contribution in [1.82, 2.24) is 9.97 Å². The number of anilines is 3. The van der Waals surface area contributed by atoms with Crippen LogP contribution in [0.5, 0.6) is 5.75 Å². The molecule has 1 aromatic carbocycles. The van der Waals surface area contributed by atoms with E-state index >= 15 is 0 Å². The van der Waals surface area contributed by atoms with Gasteiger partial charge in [0.25, 0.3) is 0 Å². The molecule has 9 heteroatoms. The quantitative estimate of drug-likeness (QED) is 0.793. The van der Waals surface area contributed by atoms with Crippen LogP contribution >= 0.6 is 0 Å². The number of morpholine rings is 1. The average molecular weight is 405 g/mol. The summed E-state index contributed by atoms with van der Waals surface area (Å²) in [7, 11) is 0. The minimum absolute atomic E-state index is 0.170. The molecule has 1 atom stereocenters. The zero-order valence-corrected chi connectivity index (χ0v) is 16.1. The average Bonchev–Trinajstić information content (AvgIpc) is 2.75. The molecule has 0 spiro atoms. The maximum Gasteiger partial charge on any atom is 0.387 e. The molecule has 156 valence electrons. The molecule has 3 heterocycles. The van der Waals surface area contributed by atoms with Gasteiger partial charge in [-0.3, -0.25) is 0 Å². The zero-order chi connectivity index (χ0) is 20.1. The Morgan fingerprint density at radius 2 is 1.86 bits per heavy atom. The molecule has 2 fully saturated rings. The van der Waals surface area contributed by atoms with Crippen molar-refractivity contribution in [3.8, 4) is 5.75 Å². The van der Waals surface area contributed by atoms with Crippen molar-refractivity contribution in [1.29, 1.82) is 0 Å². The van der Waals surface area contributed by atoms with Gasteiger partial charge < -0.3 is 24.6 Å². The van der Waals surface area contributed by atoms with Crippen molar-refractivity contribution in [2.75, 3.05) is 54.5 Å². The Balaban J connectivity index is 1.37. The minimum atomic E-state index is -2.81. The van der Waals surface area contributed by atoms with Gasteiger partial charge in [-0.2, -0.15) is 13.8 Å². The standard InChI is InChI=1S/C20H25F2N5O2/c21-19(22)29-17-5-3-16(4-6-17)27-9-1-2-15(14-27)24-20-23-8-7-18(25-20)26-10-12-28-13-11-26/h3-8,15,19H,1-2,9-14H2,(H,23,24,25). The Kier molecular flexibility index (Phi) is 6.24. The van der Waals surface area contributed by atoms with Crippen LogP contribution in [-0.4, -0.2) is 62.0 Å². The van der Waals surface area contributed by atoms with Gasteiger partial charge in [0.1, 0.15) is 11.6 Å². The van der Waals surface area contributed by atoms with Crippen LogP contribution in [-0.2, 0) is 4.74 Å². The number of hydrogen-bond donors (Lipinski definition) is 1. The van der Waals surface area contributed by atoms with E-state index in [2.05, 4.69) is 29.8 Å². The highest BCUT2D eigenvalue weighted by Gasteiger charge is 2.21. The fourth-order valence-corrected chi connectivity index (χ4v) is 3.74. The second kappa shape index (κ2) is 9.21. The number of nitrogens with zero attached hydrogens (tertiary/aromatic N) is 4. The molecule has 0 aliphatic carbocycles. The molecule has 2 aromatic rings. The summed E-state index contributed by atoms with van der Waals surface area (Å²) < 4.78 is 34.5. The molecule has 2 aliphatic heterocycles. The predicted molar refractivity (Wildman–Crippen MR) is 107 cm³/mol. The lowest BCUT2D eigenvalue weighted by Gasteiger charge is -2.35. The van der Waals surface area contributed by atoms with E-state index in [1.807, 2.05) is 18.2 Å². The van der Waals surface area contributed by atoms with Crippen molar-refractivity contribution in [2.24, 2.45) is 0 Å². The largest absolute Gasteiger partial charge is 0.435 e. The van der Waals surface area contributed by atoms with Gasteiger partial charge in [-0.05, 0) is 43.2 Å². The van der Waals surface area contributed by atoms with E-state index in [1.165, 1.54) is 0 Å². The van der Waals surface area contributed by atoms with Crippen LogP contribution in [0.3, 0.4) is 0 Å². The number of hydrogen-bond acceptors (Lipinski definition) is 7. The lowest BCUT2D eigenvalue weighted by Crippen LogP contribution is -2.42. The highest BCUT2D eigenvalue weighted by atomic mass is 19.3. The molecule has 1 aromatic heterocycles. The molecule has 1 N–H and O–H groups in total. The summed E-state index contributed by atoms with van der Waals surface area (Å²) in [4.78, 5) is 13.5. The maximum absolute atomic E-state index is 12.3. The second-order valence-corrected chi connectivity index (χ2v) is 7.14. The van der Waals surface area contributed by atoms with E-state index in [0.717, 1.165) is 50.5 Å². The van der Waals surface area contributed by atoms with Crippen molar-refractivity contribution in [3.63, 3.8) is 0 Å². The Hall–Kier alpha value is -2.68. The first-order chi connectivity index (χ1) is 14.2. The van der Waals surface area contributed by atoms with Gasteiger partial charge >= 0.3 is 6.61 Å². The number of ether oxygens (including phenoxy) is 2. The van der Waals surface area contributed by atoms with Crippen LogP contribution in [0.15, 0.2) is 36.5 Å². The van der Waals surface area contributed by atoms with Crippen LogP contribution < -0.4 is 19.9 Å². The van der Waals surface area contributed by atoms with Gasteiger partial charge in [0.05, 0.1) is 13.2 Å². The first-order valence-corrected chi connectivity index (χ1v) is 9.89. The number of piperidine rings is 1. The maximum atomic E-state index is 12.3. The van der Waals surface area contributed by atoms with Crippen LogP contribution in [0.2, 0.25) is 0 Å². The highest BCUT2D eigenvalue weighted by Crippen LogP contribution is 2.25. The molecule has 2 aliphatic rings. The molecule has 1 unspecified atom stereocenters. The summed E-state index contributed by atoms with van der Waals surface area (Å²) in [5.74, 6) is 1.71. The van der Waals surface area contributed by atoms with Crippen molar-refractivity contribution < 1.29 is 18.3 Å². The number of halogens is 2. The third-order valence-electron chi connectivity index (χ3n) is 5.16. The smallest absolute Gasteiger partial charge is 0.387 e. The third kappa shape index (κ3) is 5.23. The monoisotopic (exact) mass is 405 g/mol. The van der Waals surface area contributed by atoms with E-state index in [1.54, 1.807) is 18.3 Å². The van der Waals surface area contributed by atoms with E-state index in [0.29, 0.717) is 19.2 Å². The topological polar surface area (TPSA) is 62.8 Å². The van der Waals surface area contributed by atoms with Crippen molar-refractivity contribution in [2.45, 2.75) is 25.5 Å². The van der Waals surface area contributed by atoms with Gasteiger partial charge in [-0.25, -0.2) is 4.98 Å².